The number of hydrogen-bond donors (Lipinski definition) is 2. The van der Waals surface area contributed by atoms with Crippen molar-refractivity contribution in [1.82, 2.24) is 20.5 Å². The Morgan fingerprint density at radius 3 is 2.82 bits per heavy atom. The average molecular weight is 237 g/mol. The zero-order chi connectivity index (χ0) is 12.5. The van der Waals surface area contributed by atoms with E-state index >= 15 is 0 Å². The van der Waals surface area contributed by atoms with Crippen LogP contribution in [0.2, 0.25) is 0 Å². The topological polar surface area (TPSA) is 56.8 Å². The molecular weight excluding hydrogens is 214 g/mol. The summed E-state index contributed by atoms with van der Waals surface area (Å²) >= 11 is 0. The maximum atomic E-state index is 4.59. The summed E-state index contributed by atoms with van der Waals surface area (Å²) in [5.41, 5.74) is 0.244. The van der Waals surface area contributed by atoms with Crippen LogP contribution in [0.3, 0.4) is 0 Å². The molecule has 0 aromatic carbocycles. The summed E-state index contributed by atoms with van der Waals surface area (Å²) < 4.78 is 0. The van der Waals surface area contributed by atoms with E-state index in [-0.39, 0.29) is 5.41 Å². The zero-order valence-electron chi connectivity index (χ0n) is 11.2. The molecule has 0 aliphatic carbocycles. The lowest BCUT2D eigenvalue weighted by atomic mass is 9.92. The van der Waals surface area contributed by atoms with Crippen molar-refractivity contribution in [2.45, 2.75) is 40.2 Å². The average Bonchev–Trinajstić information content (AvgIpc) is 2.63. The van der Waals surface area contributed by atoms with E-state index in [1.807, 2.05) is 0 Å². The van der Waals surface area contributed by atoms with Gasteiger partial charge in [-0.1, -0.05) is 20.8 Å². The smallest absolute Gasteiger partial charge is 0.244 e. The molecule has 2 heterocycles. The number of aromatic nitrogens is 3. The highest BCUT2D eigenvalue weighted by Gasteiger charge is 2.20. The third kappa shape index (κ3) is 3.43. The van der Waals surface area contributed by atoms with Gasteiger partial charge in [-0.2, -0.15) is 4.98 Å². The molecule has 0 unspecified atom stereocenters. The maximum absolute atomic E-state index is 4.59. The number of piperazine rings is 1. The fourth-order valence-electron chi connectivity index (χ4n) is 2.12. The summed E-state index contributed by atoms with van der Waals surface area (Å²) in [5.74, 6) is 1.83. The second kappa shape index (κ2) is 4.64. The van der Waals surface area contributed by atoms with Crippen LogP contribution in [0.5, 0.6) is 0 Å². The van der Waals surface area contributed by atoms with Crippen LogP contribution in [-0.2, 0) is 6.42 Å². The Hall–Kier alpha value is -1.10. The van der Waals surface area contributed by atoms with Crippen LogP contribution >= 0.6 is 0 Å². The van der Waals surface area contributed by atoms with E-state index in [4.69, 9.17) is 0 Å². The van der Waals surface area contributed by atoms with Crippen LogP contribution in [0.25, 0.3) is 0 Å². The molecule has 1 aliphatic rings. The second-order valence-corrected chi connectivity index (χ2v) is 6.12. The lowest BCUT2D eigenvalue weighted by molar-refractivity contribution is 0.401. The van der Waals surface area contributed by atoms with Gasteiger partial charge in [-0.3, -0.25) is 5.10 Å². The largest absolute Gasteiger partial charge is 0.337 e. The normalized spacial score (nSPS) is 21.9. The van der Waals surface area contributed by atoms with E-state index in [0.717, 1.165) is 37.8 Å². The summed E-state index contributed by atoms with van der Waals surface area (Å²) in [5, 5.41) is 10.8. The highest BCUT2D eigenvalue weighted by Crippen LogP contribution is 2.19. The number of rotatable bonds is 2. The van der Waals surface area contributed by atoms with Crippen LogP contribution in [0.1, 0.15) is 33.5 Å². The number of H-pyrrole nitrogens is 1. The Labute approximate surface area is 103 Å². The predicted molar refractivity (Wildman–Crippen MR) is 69.2 cm³/mol. The van der Waals surface area contributed by atoms with Gasteiger partial charge in [-0.15, -0.1) is 5.10 Å². The molecule has 2 rings (SSSR count). The summed E-state index contributed by atoms with van der Waals surface area (Å²) in [7, 11) is 0. The molecule has 0 radical (unpaired) electrons. The minimum absolute atomic E-state index is 0.244. The number of hydrogen-bond acceptors (Lipinski definition) is 4. The van der Waals surface area contributed by atoms with Gasteiger partial charge < -0.3 is 10.2 Å². The van der Waals surface area contributed by atoms with Gasteiger partial charge in [0.05, 0.1) is 0 Å². The Bertz CT molecular complexity index is 365. The Balaban J connectivity index is 2.02. The summed E-state index contributed by atoms with van der Waals surface area (Å²) in [6.45, 7) is 11.8. The van der Waals surface area contributed by atoms with Crippen LogP contribution < -0.4 is 10.2 Å². The van der Waals surface area contributed by atoms with E-state index in [1.165, 1.54) is 0 Å². The van der Waals surface area contributed by atoms with E-state index in [2.05, 4.69) is 53.1 Å². The molecule has 96 valence electrons. The summed E-state index contributed by atoms with van der Waals surface area (Å²) in [6.07, 6.45) is 0.932. The minimum Gasteiger partial charge on any atom is -0.337 e. The van der Waals surface area contributed by atoms with Gasteiger partial charge in [-0.05, 0) is 12.3 Å². The quantitative estimate of drug-likeness (QED) is 0.811. The van der Waals surface area contributed by atoms with Crippen LogP contribution in [-0.4, -0.2) is 40.9 Å². The monoisotopic (exact) mass is 237 g/mol. The summed E-state index contributed by atoms with van der Waals surface area (Å²) in [6, 6.07) is 0.508. The molecule has 0 bridgehead atoms. The molecule has 1 fully saturated rings. The highest BCUT2D eigenvalue weighted by molar-refractivity contribution is 5.30. The molecular formula is C12H23N5. The van der Waals surface area contributed by atoms with Crippen molar-refractivity contribution in [3.05, 3.63) is 5.82 Å². The molecule has 0 saturated carbocycles. The number of nitrogens with zero attached hydrogens (tertiary/aromatic N) is 3. The van der Waals surface area contributed by atoms with Crippen molar-refractivity contribution < 1.29 is 0 Å². The van der Waals surface area contributed by atoms with E-state index < -0.39 is 0 Å². The first-order valence-corrected chi connectivity index (χ1v) is 6.34. The molecule has 17 heavy (non-hydrogen) atoms. The van der Waals surface area contributed by atoms with Gasteiger partial charge in [0.1, 0.15) is 5.82 Å². The fourth-order valence-corrected chi connectivity index (χ4v) is 2.12. The van der Waals surface area contributed by atoms with Crippen molar-refractivity contribution in [2.24, 2.45) is 5.41 Å². The van der Waals surface area contributed by atoms with Crippen LogP contribution in [0, 0.1) is 5.41 Å². The lowest BCUT2D eigenvalue weighted by Crippen LogP contribution is -2.49. The van der Waals surface area contributed by atoms with Gasteiger partial charge in [0.2, 0.25) is 5.95 Å². The van der Waals surface area contributed by atoms with Gasteiger partial charge in [0.25, 0.3) is 0 Å². The molecule has 0 spiro atoms. The van der Waals surface area contributed by atoms with Gasteiger partial charge >= 0.3 is 0 Å². The van der Waals surface area contributed by atoms with Gasteiger partial charge in [0.15, 0.2) is 0 Å². The Kier molecular flexibility index (Phi) is 3.38. The third-order valence-corrected chi connectivity index (χ3v) is 2.87. The first-order chi connectivity index (χ1) is 7.94. The van der Waals surface area contributed by atoms with Crippen molar-refractivity contribution >= 4 is 5.95 Å². The van der Waals surface area contributed by atoms with Crippen molar-refractivity contribution in [3.63, 3.8) is 0 Å². The van der Waals surface area contributed by atoms with E-state index in [1.54, 1.807) is 0 Å². The third-order valence-electron chi connectivity index (χ3n) is 2.87. The Morgan fingerprint density at radius 1 is 1.41 bits per heavy atom. The van der Waals surface area contributed by atoms with Crippen LogP contribution in [0.4, 0.5) is 5.95 Å². The number of aromatic amines is 1. The van der Waals surface area contributed by atoms with Crippen molar-refractivity contribution in [1.29, 1.82) is 0 Å². The molecule has 2 N–H and O–H groups in total. The molecule has 1 aromatic rings. The second-order valence-electron chi connectivity index (χ2n) is 6.12. The standard InChI is InChI=1S/C12H23N5/c1-9-8-17(6-5-13-9)11-14-10(15-16-11)7-12(2,3)4/h9,13H,5-8H2,1-4H3,(H,14,15,16)/t9-/m1/s1. The molecule has 0 amide bonds. The zero-order valence-corrected chi connectivity index (χ0v) is 11.2. The molecule has 5 nitrogen and oxygen atoms in total. The Morgan fingerprint density at radius 2 is 2.18 bits per heavy atom. The lowest BCUT2D eigenvalue weighted by Gasteiger charge is -2.30. The van der Waals surface area contributed by atoms with E-state index in [0.29, 0.717) is 6.04 Å². The number of anilines is 1. The molecule has 1 aliphatic heterocycles. The fraction of sp³-hybridized carbons (Fsp3) is 0.833. The van der Waals surface area contributed by atoms with Gasteiger partial charge in [-0.25, -0.2) is 0 Å². The van der Waals surface area contributed by atoms with Crippen molar-refractivity contribution in [3.8, 4) is 0 Å². The molecule has 1 atom stereocenters. The number of nitrogens with one attached hydrogen (secondary N) is 2. The first kappa shape index (κ1) is 12.4. The van der Waals surface area contributed by atoms with Crippen LogP contribution in [0.15, 0.2) is 0 Å². The maximum Gasteiger partial charge on any atom is 0.244 e. The highest BCUT2D eigenvalue weighted by atomic mass is 15.4. The minimum atomic E-state index is 0.244. The SMILES string of the molecule is C[C@@H]1CN(c2n[nH]c(CC(C)(C)C)n2)CCN1. The molecule has 1 saturated heterocycles. The predicted octanol–water partition coefficient (Wildman–Crippen LogP) is 1.19. The molecule has 5 heteroatoms. The van der Waals surface area contributed by atoms with E-state index in [9.17, 15) is 0 Å². The molecule has 1 aromatic heterocycles. The summed E-state index contributed by atoms with van der Waals surface area (Å²) in [4.78, 5) is 6.83. The first-order valence-electron chi connectivity index (χ1n) is 6.34. The van der Waals surface area contributed by atoms with Gasteiger partial charge in [0, 0.05) is 32.1 Å². The van der Waals surface area contributed by atoms with Crippen molar-refractivity contribution in [2.75, 3.05) is 24.5 Å².